The lowest BCUT2D eigenvalue weighted by Gasteiger charge is -2.01. The monoisotopic (exact) mass is 281 g/mol. The van der Waals surface area contributed by atoms with Crippen LogP contribution in [0.15, 0.2) is 12.5 Å². The van der Waals surface area contributed by atoms with Crippen molar-refractivity contribution in [3.63, 3.8) is 0 Å². The van der Waals surface area contributed by atoms with E-state index in [4.69, 9.17) is 20.5 Å². The first-order chi connectivity index (χ1) is 8.26. The van der Waals surface area contributed by atoms with Crippen LogP contribution < -0.4 is 5.73 Å². The maximum absolute atomic E-state index is 10.3. The summed E-state index contributed by atoms with van der Waals surface area (Å²) in [4.78, 5) is 16.8. The number of aliphatic hydroxyl groups excluding tert-OH is 1. The van der Waals surface area contributed by atoms with Gasteiger partial charge in [0.2, 0.25) is 0 Å². The van der Waals surface area contributed by atoms with Crippen molar-refractivity contribution in [3.8, 4) is 0 Å². The number of hydrogen-bond donors (Lipinski definition) is 5. The molecule has 0 spiro atoms. The van der Waals surface area contributed by atoms with E-state index in [-0.39, 0.29) is 6.42 Å². The number of aromatic amines is 1. The lowest BCUT2D eigenvalue weighted by molar-refractivity contribution is -0.138. The van der Waals surface area contributed by atoms with Crippen molar-refractivity contribution in [1.82, 2.24) is 9.97 Å². The Bertz CT molecular complexity index is 443. The maximum Gasteiger partial charge on any atom is 0.320 e. The van der Waals surface area contributed by atoms with Crippen LogP contribution >= 0.6 is 0 Å². The van der Waals surface area contributed by atoms with Crippen molar-refractivity contribution in [3.05, 3.63) is 18.2 Å². The van der Waals surface area contributed by atoms with E-state index < -0.39 is 34.5 Å². The summed E-state index contributed by atoms with van der Waals surface area (Å²) in [6, 6.07) is -0.863. The van der Waals surface area contributed by atoms with E-state index in [0.717, 1.165) is 0 Å². The Morgan fingerprint density at radius 3 is 2.44 bits per heavy atom. The minimum Gasteiger partial charge on any atom is -0.480 e. The molecule has 0 aliphatic carbocycles. The molecule has 0 radical (unpaired) electrons. The van der Waals surface area contributed by atoms with Crippen molar-refractivity contribution in [2.45, 2.75) is 12.5 Å². The van der Waals surface area contributed by atoms with Crippen molar-refractivity contribution >= 4 is 16.1 Å². The van der Waals surface area contributed by atoms with Gasteiger partial charge in [-0.05, 0) is 0 Å². The first kappa shape index (κ1) is 16.5. The molecule has 9 nitrogen and oxygen atoms in total. The third kappa shape index (κ3) is 8.64. The van der Waals surface area contributed by atoms with Crippen molar-refractivity contribution < 1.29 is 28.0 Å². The summed E-state index contributed by atoms with van der Waals surface area (Å²) in [6.45, 7) is -0.529. The molecule has 0 bridgehead atoms. The van der Waals surface area contributed by atoms with Crippen LogP contribution in [0.25, 0.3) is 0 Å². The third-order valence-corrected chi connectivity index (χ3v) is 2.35. The van der Waals surface area contributed by atoms with Gasteiger partial charge in [-0.15, -0.1) is 0 Å². The van der Waals surface area contributed by atoms with Crippen LogP contribution in [-0.2, 0) is 21.3 Å². The van der Waals surface area contributed by atoms with Crippen LogP contribution in [0.3, 0.4) is 0 Å². The summed E-state index contributed by atoms with van der Waals surface area (Å²) in [6.07, 6.45) is 3.38. The van der Waals surface area contributed by atoms with E-state index in [2.05, 4.69) is 9.97 Å². The normalized spacial score (nSPS) is 12.4. The lowest BCUT2D eigenvalue weighted by atomic mass is 10.2. The van der Waals surface area contributed by atoms with Crippen molar-refractivity contribution in [2.24, 2.45) is 5.73 Å². The number of carbonyl (C=O) groups is 1. The molecule has 1 atom stereocenters. The Balaban J connectivity index is 0.000000360. The number of aliphatic carboxylic acids is 1. The zero-order chi connectivity index (χ0) is 14.2. The van der Waals surface area contributed by atoms with Gasteiger partial charge in [0.05, 0.1) is 24.4 Å². The number of aliphatic hydroxyl groups is 1. The molecule has 0 amide bonds. The van der Waals surface area contributed by atoms with Gasteiger partial charge in [0.15, 0.2) is 0 Å². The quantitative estimate of drug-likeness (QED) is 0.395. The van der Waals surface area contributed by atoms with Crippen LogP contribution in [-0.4, -0.2) is 57.5 Å². The Morgan fingerprint density at radius 2 is 2.17 bits per heavy atom. The smallest absolute Gasteiger partial charge is 0.320 e. The fourth-order valence-corrected chi connectivity index (χ4v) is 1.06. The topological polar surface area (TPSA) is 167 Å². The summed E-state index contributed by atoms with van der Waals surface area (Å²) < 4.78 is 27.1. The Kier molecular flexibility index (Phi) is 7.12. The SMILES string of the molecule is NC(Cc1c[nH]cn1)C(=O)O.O=S(=O)(O)CCO. The van der Waals surface area contributed by atoms with E-state index in [0.29, 0.717) is 5.69 Å². The van der Waals surface area contributed by atoms with E-state index in [1.165, 1.54) is 6.33 Å². The summed E-state index contributed by atoms with van der Waals surface area (Å²) in [7, 11) is -3.92. The highest BCUT2D eigenvalue weighted by Crippen LogP contribution is 1.95. The van der Waals surface area contributed by atoms with E-state index >= 15 is 0 Å². The van der Waals surface area contributed by atoms with Gasteiger partial charge in [-0.25, -0.2) is 4.98 Å². The van der Waals surface area contributed by atoms with Crippen LogP contribution in [0, 0.1) is 0 Å². The molecule has 1 unspecified atom stereocenters. The molecule has 104 valence electrons. The van der Waals surface area contributed by atoms with Gasteiger partial charge in [-0.3, -0.25) is 9.35 Å². The van der Waals surface area contributed by atoms with Crippen molar-refractivity contribution in [1.29, 1.82) is 0 Å². The van der Waals surface area contributed by atoms with Crippen LogP contribution in [0.5, 0.6) is 0 Å². The third-order valence-electron chi connectivity index (χ3n) is 1.65. The average Bonchev–Trinajstić information content (AvgIpc) is 2.69. The van der Waals surface area contributed by atoms with Crippen LogP contribution in [0.4, 0.5) is 0 Å². The van der Waals surface area contributed by atoms with Gasteiger partial charge < -0.3 is 20.9 Å². The number of nitrogens with one attached hydrogen (secondary N) is 1. The van der Waals surface area contributed by atoms with E-state index in [9.17, 15) is 13.2 Å². The molecule has 6 N–H and O–H groups in total. The van der Waals surface area contributed by atoms with Gasteiger partial charge in [-0.2, -0.15) is 8.42 Å². The minimum atomic E-state index is -3.92. The molecule has 0 aliphatic rings. The highest BCUT2D eigenvalue weighted by molar-refractivity contribution is 7.85. The van der Waals surface area contributed by atoms with Gasteiger partial charge in [0, 0.05) is 12.6 Å². The predicted molar refractivity (Wildman–Crippen MR) is 61.4 cm³/mol. The lowest BCUT2D eigenvalue weighted by Crippen LogP contribution is -2.32. The molecule has 1 aromatic rings. The molecule has 1 rings (SSSR count). The first-order valence-corrected chi connectivity index (χ1v) is 6.39. The molecule has 1 heterocycles. The summed E-state index contributed by atoms with van der Waals surface area (Å²) in [5.74, 6) is -1.58. The van der Waals surface area contributed by atoms with Gasteiger partial charge >= 0.3 is 5.97 Å². The molecule has 0 aromatic carbocycles. The largest absolute Gasteiger partial charge is 0.480 e. The van der Waals surface area contributed by atoms with E-state index in [1.807, 2.05) is 0 Å². The zero-order valence-corrected chi connectivity index (χ0v) is 10.2. The molecule has 18 heavy (non-hydrogen) atoms. The second-order valence-corrected chi connectivity index (χ2v) is 4.79. The van der Waals surface area contributed by atoms with Gasteiger partial charge in [0.1, 0.15) is 6.04 Å². The fourth-order valence-electron chi connectivity index (χ4n) is 0.831. The number of H-pyrrole nitrogens is 1. The molecule has 0 saturated heterocycles. The Hall–Kier alpha value is -1.49. The Morgan fingerprint density at radius 1 is 1.56 bits per heavy atom. The number of nitrogens with two attached hydrogens (primary N) is 1. The van der Waals surface area contributed by atoms with Gasteiger partial charge in [0.25, 0.3) is 10.1 Å². The van der Waals surface area contributed by atoms with Gasteiger partial charge in [-0.1, -0.05) is 0 Å². The summed E-state index contributed by atoms with van der Waals surface area (Å²) >= 11 is 0. The molecule has 0 saturated carbocycles. The molecule has 0 aliphatic heterocycles. The maximum atomic E-state index is 10.3. The fraction of sp³-hybridized carbons (Fsp3) is 0.500. The molecule has 0 fully saturated rings. The highest BCUT2D eigenvalue weighted by atomic mass is 32.2. The van der Waals surface area contributed by atoms with Crippen LogP contribution in [0.2, 0.25) is 0 Å². The number of aromatic nitrogens is 2. The molecule has 1 aromatic heterocycles. The number of nitrogens with zero attached hydrogens (tertiary/aromatic N) is 1. The summed E-state index contributed by atoms with van der Waals surface area (Å²) in [5, 5.41) is 16.3. The molecular weight excluding hydrogens is 266 g/mol. The standard InChI is InChI=1S/C6H9N3O2.C2H6O4S/c7-5(6(10)11)1-4-2-8-3-9-4;3-1-2-7(4,5)6/h2-3,5H,1,7H2,(H,8,9)(H,10,11);3H,1-2H2,(H,4,5,6). The molecular formula is C8H15N3O6S. The number of carboxylic acids is 1. The summed E-state index contributed by atoms with van der Waals surface area (Å²) in [5.41, 5.74) is 5.92. The second kappa shape index (κ2) is 7.76. The zero-order valence-electron chi connectivity index (χ0n) is 9.35. The van der Waals surface area contributed by atoms with E-state index in [1.54, 1.807) is 6.20 Å². The Labute approximate surface area is 103 Å². The average molecular weight is 281 g/mol. The number of carboxylic acid groups (broad SMARTS) is 1. The number of rotatable bonds is 5. The number of hydrogen-bond acceptors (Lipinski definition) is 6. The molecule has 10 heteroatoms. The minimum absolute atomic E-state index is 0.263. The highest BCUT2D eigenvalue weighted by Gasteiger charge is 2.12. The predicted octanol–water partition coefficient (Wildman–Crippen LogP) is -1.77. The van der Waals surface area contributed by atoms with Crippen molar-refractivity contribution in [2.75, 3.05) is 12.4 Å². The first-order valence-electron chi connectivity index (χ1n) is 4.78. The number of imidazole rings is 1. The van der Waals surface area contributed by atoms with Crippen LogP contribution in [0.1, 0.15) is 5.69 Å². The second-order valence-electron chi connectivity index (χ2n) is 3.22.